The molecule has 7 heteroatoms. The molecule has 1 saturated carbocycles. The molecule has 0 unspecified atom stereocenters. The van der Waals surface area contributed by atoms with Gasteiger partial charge in [-0.15, -0.1) is 0 Å². The Labute approximate surface area is 166 Å². The van der Waals surface area contributed by atoms with Crippen LogP contribution in [0, 0.1) is 0 Å². The lowest BCUT2D eigenvalue weighted by atomic mass is 9.89. The molecule has 146 valence electrons. The third kappa shape index (κ3) is 5.61. The van der Waals surface area contributed by atoms with Crippen molar-refractivity contribution in [3.8, 4) is 5.75 Å². The molecule has 0 saturated heterocycles. The predicted molar refractivity (Wildman–Crippen MR) is 110 cm³/mol. The summed E-state index contributed by atoms with van der Waals surface area (Å²) in [6.07, 6.45) is 4.29. The molecule has 3 rings (SSSR count). The quantitative estimate of drug-likeness (QED) is 0.726. The van der Waals surface area contributed by atoms with E-state index in [0.29, 0.717) is 11.7 Å². The maximum atomic E-state index is 11.6. The van der Waals surface area contributed by atoms with Gasteiger partial charge in [0.2, 0.25) is 10.0 Å². The van der Waals surface area contributed by atoms with Crippen LogP contribution in [0.25, 0.3) is 0 Å². The summed E-state index contributed by atoms with van der Waals surface area (Å²) in [7, 11) is -1.71. The Balaban J connectivity index is 1.39. The second kappa shape index (κ2) is 8.50. The summed E-state index contributed by atoms with van der Waals surface area (Å²) in [5.41, 5.74) is 1.86. The van der Waals surface area contributed by atoms with E-state index in [2.05, 4.69) is 11.4 Å². The highest BCUT2D eigenvalue weighted by Crippen LogP contribution is 2.27. The summed E-state index contributed by atoms with van der Waals surface area (Å²) < 4.78 is 30.3. The highest BCUT2D eigenvalue weighted by atomic mass is 35.5. The predicted octanol–water partition coefficient (Wildman–Crippen LogP) is 3.48. The molecule has 2 aromatic rings. The van der Waals surface area contributed by atoms with Crippen molar-refractivity contribution in [1.29, 1.82) is 0 Å². The molecule has 1 aliphatic rings. The Kier molecular flexibility index (Phi) is 6.29. The Bertz CT molecular complexity index is 865. The first kappa shape index (κ1) is 20.0. The van der Waals surface area contributed by atoms with Gasteiger partial charge < -0.3 is 10.1 Å². The maximum Gasteiger partial charge on any atom is 0.231 e. The van der Waals surface area contributed by atoms with Crippen LogP contribution >= 0.6 is 11.6 Å². The first-order chi connectivity index (χ1) is 12.8. The standard InChI is InChI=1S/C20H25ClN2O3S/c1-23(27(2,24)25)18-6-8-19(9-7-18)26-20-13-17(14-20)22-11-10-15-4-3-5-16(21)12-15/h3-9,12,17,20,22H,10-11,13-14H2,1-2H3/t17-,20-. The van der Waals surface area contributed by atoms with Crippen molar-refractivity contribution in [3.05, 3.63) is 59.1 Å². The minimum atomic E-state index is -3.25. The highest BCUT2D eigenvalue weighted by molar-refractivity contribution is 7.92. The number of halogens is 1. The number of nitrogens with zero attached hydrogens (tertiary/aromatic N) is 1. The number of nitrogens with one attached hydrogen (secondary N) is 1. The monoisotopic (exact) mass is 408 g/mol. The first-order valence-electron chi connectivity index (χ1n) is 9.00. The van der Waals surface area contributed by atoms with E-state index in [4.69, 9.17) is 16.3 Å². The largest absolute Gasteiger partial charge is 0.490 e. The summed E-state index contributed by atoms with van der Waals surface area (Å²) in [6.45, 7) is 0.921. The van der Waals surface area contributed by atoms with E-state index >= 15 is 0 Å². The molecule has 0 bridgehead atoms. The fourth-order valence-electron chi connectivity index (χ4n) is 3.06. The topological polar surface area (TPSA) is 58.6 Å². The maximum absolute atomic E-state index is 11.6. The van der Waals surface area contributed by atoms with Crippen molar-refractivity contribution >= 4 is 27.3 Å². The number of benzene rings is 2. The Hall–Kier alpha value is -1.76. The van der Waals surface area contributed by atoms with Gasteiger partial charge in [-0.2, -0.15) is 0 Å². The van der Waals surface area contributed by atoms with Gasteiger partial charge in [-0.05, 0) is 67.8 Å². The summed E-state index contributed by atoms with van der Waals surface area (Å²) in [5.74, 6) is 0.767. The zero-order valence-corrected chi connectivity index (χ0v) is 17.1. The molecular weight excluding hydrogens is 384 g/mol. The van der Waals surface area contributed by atoms with E-state index in [-0.39, 0.29) is 6.10 Å². The minimum absolute atomic E-state index is 0.201. The molecule has 1 N–H and O–H groups in total. The van der Waals surface area contributed by atoms with Crippen LogP contribution in [0.1, 0.15) is 18.4 Å². The molecule has 27 heavy (non-hydrogen) atoms. The lowest BCUT2D eigenvalue weighted by molar-refractivity contribution is 0.0854. The molecule has 5 nitrogen and oxygen atoms in total. The van der Waals surface area contributed by atoms with Crippen molar-refractivity contribution in [2.24, 2.45) is 0 Å². The van der Waals surface area contributed by atoms with Crippen LogP contribution in [0.2, 0.25) is 5.02 Å². The fourth-order valence-corrected chi connectivity index (χ4v) is 3.78. The van der Waals surface area contributed by atoms with Crippen LogP contribution in [0.3, 0.4) is 0 Å². The van der Waals surface area contributed by atoms with Gasteiger partial charge in [-0.3, -0.25) is 4.31 Å². The van der Waals surface area contributed by atoms with Crippen LogP contribution < -0.4 is 14.4 Å². The molecule has 0 heterocycles. The molecule has 2 aromatic carbocycles. The second-order valence-electron chi connectivity index (χ2n) is 6.97. The summed E-state index contributed by atoms with van der Waals surface area (Å²) in [4.78, 5) is 0. The number of sulfonamides is 1. The van der Waals surface area contributed by atoms with Crippen molar-refractivity contribution in [2.45, 2.75) is 31.4 Å². The van der Waals surface area contributed by atoms with Crippen LogP contribution in [0.15, 0.2) is 48.5 Å². The van der Waals surface area contributed by atoms with Crippen LogP contribution in [0.4, 0.5) is 5.69 Å². The molecule has 1 aliphatic carbocycles. The number of ether oxygens (including phenoxy) is 1. The third-order valence-electron chi connectivity index (χ3n) is 4.83. The zero-order chi connectivity index (χ0) is 19.4. The highest BCUT2D eigenvalue weighted by Gasteiger charge is 2.30. The Morgan fingerprint density at radius 2 is 1.89 bits per heavy atom. The van der Waals surface area contributed by atoms with Crippen LogP contribution in [-0.2, 0) is 16.4 Å². The molecular formula is C20H25ClN2O3S. The van der Waals surface area contributed by atoms with Crippen molar-refractivity contribution < 1.29 is 13.2 Å². The van der Waals surface area contributed by atoms with Crippen LogP contribution in [-0.4, -0.2) is 40.4 Å². The SMILES string of the molecule is CN(c1ccc(O[C@H]2C[C@H](NCCc3cccc(Cl)c3)C2)cc1)S(C)(=O)=O. The van der Waals surface area contributed by atoms with Gasteiger partial charge in [0.1, 0.15) is 11.9 Å². The van der Waals surface area contributed by atoms with E-state index < -0.39 is 10.0 Å². The molecule has 0 radical (unpaired) electrons. The normalized spacial score (nSPS) is 19.4. The van der Waals surface area contributed by atoms with Gasteiger partial charge in [0.05, 0.1) is 11.9 Å². The third-order valence-corrected chi connectivity index (χ3v) is 6.27. The lowest BCUT2D eigenvalue weighted by Gasteiger charge is -2.36. The Morgan fingerprint density at radius 3 is 2.52 bits per heavy atom. The van der Waals surface area contributed by atoms with E-state index in [1.807, 2.05) is 30.3 Å². The van der Waals surface area contributed by atoms with Crippen molar-refractivity contribution in [3.63, 3.8) is 0 Å². The van der Waals surface area contributed by atoms with Gasteiger partial charge in [-0.1, -0.05) is 23.7 Å². The van der Waals surface area contributed by atoms with Crippen molar-refractivity contribution in [1.82, 2.24) is 5.32 Å². The first-order valence-corrected chi connectivity index (χ1v) is 11.2. The fraction of sp³-hybridized carbons (Fsp3) is 0.400. The number of rotatable bonds is 8. The molecule has 0 amide bonds. The molecule has 0 aliphatic heterocycles. The Morgan fingerprint density at radius 1 is 1.19 bits per heavy atom. The molecule has 0 atom stereocenters. The van der Waals surface area contributed by atoms with Gasteiger partial charge in [-0.25, -0.2) is 8.42 Å². The van der Waals surface area contributed by atoms with E-state index in [1.54, 1.807) is 12.1 Å². The van der Waals surface area contributed by atoms with Crippen molar-refractivity contribution in [2.75, 3.05) is 24.2 Å². The molecule has 1 fully saturated rings. The number of hydrogen-bond donors (Lipinski definition) is 1. The van der Waals surface area contributed by atoms with E-state index in [9.17, 15) is 8.42 Å². The lowest BCUT2D eigenvalue weighted by Crippen LogP contribution is -2.47. The van der Waals surface area contributed by atoms with Gasteiger partial charge in [0.25, 0.3) is 0 Å². The van der Waals surface area contributed by atoms with Gasteiger partial charge in [0, 0.05) is 18.1 Å². The second-order valence-corrected chi connectivity index (χ2v) is 9.42. The number of anilines is 1. The summed E-state index contributed by atoms with van der Waals surface area (Å²) in [5, 5.41) is 4.32. The molecule has 0 spiro atoms. The summed E-state index contributed by atoms with van der Waals surface area (Å²) >= 11 is 6.00. The summed E-state index contributed by atoms with van der Waals surface area (Å²) in [6, 6.07) is 15.6. The zero-order valence-electron chi connectivity index (χ0n) is 15.6. The van der Waals surface area contributed by atoms with E-state index in [0.717, 1.165) is 36.6 Å². The van der Waals surface area contributed by atoms with Crippen LogP contribution in [0.5, 0.6) is 5.75 Å². The molecule has 0 aromatic heterocycles. The minimum Gasteiger partial charge on any atom is -0.490 e. The van der Waals surface area contributed by atoms with Gasteiger partial charge >= 0.3 is 0 Å². The van der Waals surface area contributed by atoms with E-state index in [1.165, 1.54) is 23.2 Å². The number of hydrogen-bond acceptors (Lipinski definition) is 4. The van der Waals surface area contributed by atoms with Gasteiger partial charge in [0.15, 0.2) is 0 Å². The smallest absolute Gasteiger partial charge is 0.231 e. The average Bonchev–Trinajstić information content (AvgIpc) is 2.58. The average molecular weight is 409 g/mol.